The summed E-state index contributed by atoms with van der Waals surface area (Å²) in [6.07, 6.45) is 0.161. The molecule has 166 valence electrons. The fourth-order valence-electron chi connectivity index (χ4n) is 4.58. The molecule has 2 bridgehead atoms. The first-order chi connectivity index (χ1) is 14.7. The molecule has 31 heavy (non-hydrogen) atoms. The lowest BCUT2D eigenvalue weighted by Crippen LogP contribution is -2.60. The average molecular weight is 485 g/mol. The number of nitrogens with zero attached hydrogens (tertiary/aromatic N) is 2. The highest BCUT2D eigenvalue weighted by Crippen LogP contribution is 2.39. The van der Waals surface area contributed by atoms with Gasteiger partial charge in [-0.15, -0.1) is 0 Å². The second kappa shape index (κ2) is 9.02. The Hall–Kier alpha value is -1.73. The van der Waals surface area contributed by atoms with Gasteiger partial charge >= 0.3 is 0 Å². The number of fused-ring (bicyclic) bond motifs is 4. The van der Waals surface area contributed by atoms with Crippen LogP contribution in [-0.2, 0) is 11.3 Å². The molecule has 2 aromatic rings. The Labute approximate surface area is 196 Å². The largest absolute Gasteiger partial charge is 0.484 e. The van der Waals surface area contributed by atoms with Crippen LogP contribution in [0.3, 0.4) is 0 Å². The fourth-order valence-corrected chi connectivity index (χ4v) is 5.16. The number of aromatic nitrogens is 1. The highest BCUT2D eigenvalue weighted by Gasteiger charge is 2.44. The molecular formula is C22H24Cl3N3O3. The maximum atomic E-state index is 12.6. The van der Waals surface area contributed by atoms with Crippen LogP contribution in [0, 0.1) is 12.8 Å². The van der Waals surface area contributed by atoms with Crippen molar-refractivity contribution in [3.63, 3.8) is 0 Å². The van der Waals surface area contributed by atoms with Crippen LogP contribution in [0.25, 0.3) is 0 Å². The Morgan fingerprint density at radius 2 is 1.94 bits per heavy atom. The van der Waals surface area contributed by atoms with Gasteiger partial charge in [0.05, 0.1) is 0 Å². The van der Waals surface area contributed by atoms with E-state index in [1.54, 1.807) is 18.2 Å². The predicted octanol–water partition coefficient (Wildman–Crippen LogP) is 3.47. The van der Waals surface area contributed by atoms with E-state index in [1.807, 2.05) is 40.7 Å². The third-order valence-electron chi connectivity index (χ3n) is 5.93. The lowest BCUT2D eigenvalue weighted by molar-refractivity contribution is -0.125. The van der Waals surface area contributed by atoms with Crippen molar-refractivity contribution < 1.29 is 9.53 Å². The number of likely N-dealkylation sites (tertiary alicyclic amines) is 1. The lowest BCUT2D eigenvalue weighted by Gasteiger charge is -2.47. The highest BCUT2D eigenvalue weighted by molar-refractivity contribution is 6.68. The van der Waals surface area contributed by atoms with Crippen molar-refractivity contribution in [1.29, 1.82) is 0 Å². The van der Waals surface area contributed by atoms with Gasteiger partial charge in [-0.3, -0.25) is 14.5 Å². The van der Waals surface area contributed by atoms with E-state index in [0.717, 1.165) is 17.7 Å². The lowest BCUT2D eigenvalue weighted by atomic mass is 9.83. The van der Waals surface area contributed by atoms with Crippen LogP contribution >= 0.6 is 34.8 Å². The van der Waals surface area contributed by atoms with Gasteiger partial charge in [0.1, 0.15) is 11.9 Å². The van der Waals surface area contributed by atoms with Gasteiger partial charge in [0.15, 0.2) is 6.61 Å². The zero-order chi connectivity index (χ0) is 22.2. The summed E-state index contributed by atoms with van der Waals surface area (Å²) in [5.74, 6) is 0.641. The van der Waals surface area contributed by atoms with Crippen LogP contribution in [0.4, 0.5) is 0 Å². The highest BCUT2D eigenvalue weighted by atomic mass is 35.6. The number of benzene rings is 1. The monoisotopic (exact) mass is 483 g/mol. The second-order valence-electron chi connectivity index (χ2n) is 8.22. The maximum absolute atomic E-state index is 12.6. The van der Waals surface area contributed by atoms with Gasteiger partial charge in [-0.25, -0.2) is 0 Å². The van der Waals surface area contributed by atoms with Gasteiger partial charge in [0, 0.05) is 37.3 Å². The van der Waals surface area contributed by atoms with Gasteiger partial charge in [0.2, 0.25) is 3.79 Å². The first-order valence-corrected chi connectivity index (χ1v) is 11.3. The number of aryl methyl sites for hydroxylation is 1. The molecule has 1 N–H and O–H groups in total. The molecule has 9 heteroatoms. The van der Waals surface area contributed by atoms with Crippen molar-refractivity contribution in [2.75, 3.05) is 19.7 Å². The first-order valence-electron chi connectivity index (χ1n) is 10.2. The molecule has 1 fully saturated rings. The van der Waals surface area contributed by atoms with Crippen LogP contribution in [-0.4, -0.2) is 45.0 Å². The SMILES string of the molecule is Cc1ccccc1OCC(=O)NC(N1CC2C[C@H](C1)Cn1c2cccc1=O)C(Cl)(Cl)Cl. The molecule has 1 aromatic carbocycles. The fraction of sp³-hybridized carbons (Fsp3) is 0.455. The Balaban J connectivity index is 1.47. The van der Waals surface area contributed by atoms with Crippen LogP contribution < -0.4 is 15.6 Å². The minimum atomic E-state index is -1.72. The zero-order valence-corrected chi connectivity index (χ0v) is 19.3. The molecule has 4 rings (SSSR count). The van der Waals surface area contributed by atoms with E-state index in [4.69, 9.17) is 39.5 Å². The number of amides is 1. The number of ether oxygens (including phenoxy) is 1. The molecule has 2 unspecified atom stereocenters. The van der Waals surface area contributed by atoms with Crippen molar-refractivity contribution >= 4 is 40.7 Å². The van der Waals surface area contributed by atoms with Crippen LogP contribution in [0.2, 0.25) is 0 Å². The summed E-state index contributed by atoms with van der Waals surface area (Å²) in [6, 6.07) is 12.8. The standard InChI is InChI=1S/C22H24Cl3N3O3/c1-14-5-2-3-7-18(14)31-13-19(29)26-21(22(23,24)25)27-10-15-9-16(12-27)17-6-4-8-20(30)28(17)11-15/h2-8,15-16,21H,9-13H2,1H3,(H,26,29)/t15-,16?,21?/m1/s1. The van der Waals surface area contributed by atoms with E-state index in [0.29, 0.717) is 25.4 Å². The Morgan fingerprint density at radius 3 is 2.68 bits per heavy atom. The van der Waals surface area contributed by atoms with Crippen molar-refractivity contribution in [3.8, 4) is 5.75 Å². The number of nitrogens with one attached hydrogen (secondary N) is 1. The van der Waals surface area contributed by atoms with Gasteiger partial charge in [0.25, 0.3) is 11.5 Å². The van der Waals surface area contributed by atoms with E-state index in [-0.39, 0.29) is 29.9 Å². The molecule has 2 aliphatic rings. The number of alkyl halides is 3. The topological polar surface area (TPSA) is 63.6 Å². The number of pyridine rings is 1. The summed E-state index contributed by atoms with van der Waals surface area (Å²) in [4.78, 5) is 26.9. The smallest absolute Gasteiger partial charge is 0.259 e. The molecule has 1 saturated heterocycles. The normalized spacial score (nSPS) is 21.8. The molecule has 6 nitrogen and oxygen atoms in total. The molecule has 3 heterocycles. The van der Waals surface area contributed by atoms with Gasteiger partial charge in [-0.1, -0.05) is 59.1 Å². The Kier molecular flexibility index (Phi) is 6.54. The maximum Gasteiger partial charge on any atom is 0.259 e. The molecule has 0 radical (unpaired) electrons. The van der Waals surface area contributed by atoms with E-state index in [2.05, 4.69) is 5.32 Å². The van der Waals surface area contributed by atoms with Crippen LogP contribution in [0.15, 0.2) is 47.3 Å². The number of halogens is 3. The minimum Gasteiger partial charge on any atom is -0.484 e. The molecule has 0 spiro atoms. The molecule has 1 amide bonds. The number of carbonyl (C=O) groups is 1. The van der Waals surface area contributed by atoms with Crippen LogP contribution in [0.5, 0.6) is 5.75 Å². The summed E-state index contributed by atoms with van der Waals surface area (Å²) in [6.45, 7) is 3.55. The third-order valence-corrected chi connectivity index (χ3v) is 6.55. The van der Waals surface area contributed by atoms with E-state index in [9.17, 15) is 9.59 Å². The van der Waals surface area contributed by atoms with Crippen LogP contribution in [0.1, 0.15) is 23.6 Å². The molecule has 0 saturated carbocycles. The quantitative estimate of drug-likeness (QED) is 0.660. The predicted molar refractivity (Wildman–Crippen MR) is 122 cm³/mol. The molecule has 3 atom stereocenters. The molecular weight excluding hydrogens is 461 g/mol. The first kappa shape index (κ1) is 22.5. The number of carbonyl (C=O) groups excluding carboxylic acids is 1. The van der Waals surface area contributed by atoms with Crippen molar-refractivity contribution in [1.82, 2.24) is 14.8 Å². The summed E-state index contributed by atoms with van der Waals surface area (Å²) in [7, 11) is 0. The summed E-state index contributed by atoms with van der Waals surface area (Å²) < 4.78 is 5.76. The van der Waals surface area contributed by atoms with Gasteiger partial charge in [-0.05, 0) is 37.0 Å². The summed E-state index contributed by atoms with van der Waals surface area (Å²) in [5, 5.41) is 2.84. The van der Waals surface area contributed by atoms with Crippen molar-refractivity contribution in [2.45, 2.75) is 35.8 Å². The van der Waals surface area contributed by atoms with Gasteiger partial charge < -0.3 is 14.6 Å². The second-order valence-corrected chi connectivity index (χ2v) is 10.6. The molecule has 2 aliphatic heterocycles. The number of hydrogen-bond acceptors (Lipinski definition) is 4. The van der Waals surface area contributed by atoms with Crippen molar-refractivity contribution in [2.24, 2.45) is 5.92 Å². The minimum absolute atomic E-state index is 0.0141. The molecule has 1 aromatic heterocycles. The number of rotatable bonds is 5. The van der Waals surface area contributed by atoms with E-state index >= 15 is 0 Å². The number of para-hydroxylation sites is 1. The Bertz CT molecular complexity index is 1020. The average Bonchev–Trinajstić information content (AvgIpc) is 2.71. The van der Waals surface area contributed by atoms with E-state index < -0.39 is 9.96 Å². The number of piperidine rings is 1. The zero-order valence-electron chi connectivity index (χ0n) is 17.1. The number of hydrogen-bond donors (Lipinski definition) is 1. The summed E-state index contributed by atoms with van der Waals surface area (Å²) in [5.41, 5.74) is 1.94. The third kappa shape index (κ3) is 5.03. The summed E-state index contributed by atoms with van der Waals surface area (Å²) >= 11 is 18.8. The Morgan fingerprint density at radius 1 is 1.16 bits per heavy atom. The van der Waals surface area contributed by atoms with Crippen molar-refractivity contribution in [3.05, 3.63) is 64.1 Å². The van der Waals surface area contributed by atoms with E-state index in [1.165, 1.54) is 0 Å². The van der Waals surface area contributed by atoms with Gasteiger partial charge in [-0.2, -0.15) is 0 Å². The molecule has 0 aliphatic carbocycles.